The summed E-state index contributed by atoms with van der Waals surface area (Å²) >= 11 is 0. The van der Waals surface area contributed by atoms with Crippen molar-refractivity contribution >= 4 is 28.2 Å². The summed E-state index contributed by atoms with van der Waals surface area (Å²) in [5.74, 6) is 1.62. The van der Waals surface area contributed by atoms with Crippen molar-refractivity contribution in [3.05, 3.63) is 42.9 Å². The number of nitrogens with zero attached hydrogens (tertiary/aromatic N) is 3. The summed E-state index contributed by atoms with van der Waals surface area (Å²) in [5, 5.41) is 7.79. The molecular formula is C16H18N6. The van der Waals surface area contributed by atoms with Crippen molar-refractivity contribution in [2.45, 2.75) is 0 Å². The zero-order valence-corrected chi connectivity index (χ0v) is 12.2. The molecule has 1 fully saturated rings. The van der Waals surface area contributed by atoms with E-state index in [1.54, 1.807) is 0 Å². The second-order valence-electron chi connectivity index (χ2n) is 5.40. The molecule has 3 N–H and O–H groups in total. The highest BCUT2D eigenvalue weighted by atomic mass is 15.2. The van der Waals surface area contributed by atoms with Gasteiger partial charge in [0.25, 0.3) is 0 Å². The average molecular weight is 294 g/mol. The van der Waals surface area contributed by atoms with E-state index in [-0.39, 0.29) is 0 Å². The largest absolute Gasteiger partial charge is 0.369 e. The van der Waals surface area contributed by atoms with E-state index in [1.165, 1.54) is 5.69 Å². The van der Waals surface area contributed by atoms with Crippen molar-refractivity contribution in [3.8, 4) is 0 Å². The van der Waals surface area contributed by atoms with Gasteiger partial charge < -0.3 is 20.5 Å². The third-order valence-corrected chi connectivity index (χ3v) is 3.92. The van der Waals surface area contributed by atoms with Gasteiger partial charge in [-0.1, -0.05) is 0 Å². The first-order valence-corrected chi connectivity index (χ1v) is 7.50. The van der Waals surface area contributed by atoms with Crippen LogP contribution in [-0.4, -0.2) is 41.1 Å². The van der Waals surface area contributed by atoms with E-state index < -0.39 is 0 Å². The third kappa shape index (κ3) is 2.60. The van der Waals surface area contributed by atoms with E-state index in [1.807, 2.05) is 30.7 Å². The van der Waals surface area contributed by atoms with Crippen molar-refractivity contribution in [2.24, 2.45) is 0 Å². The highest BCUT2D eigenvalue weighted by molar-refractivity contribution is 5.81. The summed E-state index contributed by atoms with van der Waals surface area (Å²) in [6.07, 6.45) is 5.59. The fraction of sp³-hybridized carbons (Fsp3) is 0.250. The Labute approximate surface area is 128 Å². The quantitative estimate of drug-likeness (QED) is 0.690. The molecule has 1 aliphatic heterocycles. The van der Waals surface area contributed by atoms with Gasteiger partial charge in [0.05, 0.1) is 11.7 Å². The van der Waals surface area contributed by atoms with E-state index in [9.17, 15) is 0 Å². The Kier molecular flexibility index (Phi) is 3.36. The topological polar surface area (TPSA) is 68.9 Å². The lowest BCUT2D eigenvalue weighted by molar-refractivity contribution is 0.589. The van der Waals surface area contributed by atoms with Crippen LogP contribution in [0.5, 0.6) is 0 Å². The highest BCUT2D eigenvalue weighted by Crippen LogP contribution is 2.21. The molecule has 0 atom stereocenters. The van der Waals surface area contributed by atoms with Crippen LogP contribution in [0.15, 0.2) is 42.9 Å². The standard InChI is InChI=1S/C16H18N6/c1-3-18-14-11-20-15(9-12(1)14)21-16-10-13(2-4-19-16)22-7-5-17-6-8-22/h1-4,9-11,17-18H,5-8H2,(H,19,20,21). The Morgan fingerprint density at radius 2 is 1.91 bits per heavy atom. The Morgan fingerprint density at radius 1 is 1.05 bits per heavy atom. The van der Waals surface area contributed by atoms with Gasteiger partial charge in [-0.15, -0.1) is 0 Å². The van der Waals surface area contributed by atoms with E-state index in [2.05, 4.69) is 42.6 Å². The van der Waals surface area contributed by atoms with Crippen LogP contribution in [0.2, 0.25) is 0 Å². The number of pyridine rings is 2. The van der Waals surface area contributed by atoms with Crippen LogP contribution < -0.4 is 15.5 Å². The van der Waals surface area contributed by atoms with E-state index in [0.29, 0.717) is 0 Å². The molecule has 1 saturated heterocycles. The molecule has 0 bridgehead atoms. The van der Waals surface area contributed by atoms with Crippen molar-refractivity contribution in [1.82, 2.24) is 20.3 Å². The lowest BCUT2D eigenvalue weighted by Gasteiger charge is -2.29. The smallest absolute Gasteiger partial charge is 0.133 e. The number of H-pyrrole nitrogens is 1. The highest BCUT2D eigenvalue weighted by Gasteiger charge is 2.11. The van der Waals surface area contributed by atoms with Crippen molar-refractivity contribution in [3.63, 3.8) is 0 Å². The number of hydrogen-bond donors (Lipinski definition) is 3. The van der Waals surface area contributed by atoms with Gasteiger partial charge in [0.15, 0.2) is 0 Å². The number of rotatable bonds is 3. The van der Waals surface area contributed by atoms with Gasteiger partial charge >= 0.3 is 0 Å². The molecule has 0 aliphatic carbocycles. The SMILES string of the molecule is c1cc(N2CCNCC2)cc(Nc2cc3cc[nH]c3cn2)n1. The van der Waals surface area contributed by atoms with Gasteiger partial charge in [-0.25, -0.2) is 9.97 Å². The number of anilines is 3. The number of aromatic nitrogens is 3. The van der Waals surface area contributed by atoms with Crippen LogP contribution in [0.1, 0.15) is 0 Å². The molecule has 112 valence electrons. The van der Waals surface area contributed by atoms with Gasteiger partial charge in [0.1, 0.15) is 11.6 Å². The molecule has 6 heteroatoms. The maximum absolute atomic E-state index is 4.41. The number of hydrogen-bond acceptors (Lipinski definition) is 5. The Bertz CT molecular complexity index is 775. The fourth-order valence-electron chi connectivity index (χ4n) is 2.76. The zero-order chi connectivity index (χ0) is 14.8. The minimum atomic E-state index is 0.803. The van der Waals surface area contributed by atoms with Crippen molar-refractivity contribution in [1.29, 1.82) is 0 Å². The molecular weight excluding hydrogens is 276 g/mol. The van der Waals surface area contributed by atoms with Crippen LogP contribution in [0, 0.1) is 0 Å². The first-order chi connectivity index (χ1) is 10.9. The molecule has 0 aromatic carbocycles. The van der Waals surface area contributed by atoms with Crippen LogP contribution in [0.25, 0.3) is 10.9 Å². The van der Waals surface area contributed by atoms with Gasteiger partial charge in [-0.05, 0) is 18.2 Å². The lowest BCUT2D eigenvalue weighted by Crippen LogP contribution is -2.43. The maximum atomic E-state index is 4.41. The minimum absolute atomic E-state index is 0.803. The lowest BCUT2D eigenvalue weighted by atomic mass is 10.3. The van der Waals surface area contributed by atoms with E-state index in [4.69, 9.17) is 0 Å². The summed E-state index contributed by atoms with van der Waals surface area (Å²) < 4.78 is 0. The summed E-state index contributed by atoms with van der Waals surface area (Å²) in [5.41, 5.74) is 2.23. The second kappa shape index (κ2) is 5.65. The average Bonchev–Trinajstić information content (AvgIpc) is 3.04. The summed E-state index contributed by atoms with van der Waals surface area (Å²) in [4.78, 5) is 14.3. The third-order valence-electron chi connectivity index (χ3n) is 3.92. The first-order valence-electron chi connectivity index (χ1n) is 7.50. The normalized spacial score (nSPS) is 15.2. The fourth-order valence-corrected chi connectivity index (χ4v) is 2.76. The molecule has 0 spiro atoms. The Morgan fingerprint density at radius 3 is 2.82 bits per heavy atom. The summed E-state index contributed by atoms with van der Waals surface area (Å²) in [7, 11) is 0. The molecule has 0 saturated carbocycles. The van der Waals surface area contributed by atoms with Crippen LogP contribution in [0.4, 0.5) is 17.3 Å². The van der Waals surface area contributed by atoms with Gasteiger partial charge in [-0.3, -0.25) is 0 Å². The Balaban J connectivity index is 1.56. The second-order valence-corrected chi connectivity index (χ2v) is 5.40. The van der Waals surface area contributed by atoms with Gasteiger partial charge in [-0.2, -0.15) is 0 Å². The predicted octanol–water partition coefficient (Wildman–Crippen LogP) is 2.11. The van der Waals surface area contributed by atoms with Gasteiger partial charge in [0.2, 0.25) is 0 Å². The molecule has 4 rings (SSSR count). The van der Waals surface area contributed by atoms with Crippen molar-refractivity contribution in [2.75, 3.05) is 36.4 Å². The first kappa shape index (κ1) is 13.1. The zero-order valence-electron chi connectivity index (χ0n) is 12.2. The monoisotopic (exact) mass is 294 g/mol. The Hall–Kier alpha value is -2.60. The maximum Gasteiger partial charge on any atom is 0.133 e. The molecule has 6 nitrogen and oxygen atoms in total. The van der Waals surface area contributed by atoms with Crippen LogP contribution in [-0.2, 0) is 0 Å². The molecule has 22 heavy (non-hydrogen) atoms. The summed E-state index contributed by atoms with van der Waals surface area (Å²) in [6.45, 7) is 4.10. The number of fused-ring (bicyclic) bond motifs is 1. The van der Waals surface area contributed by atoms with Crippen LogP contribution in [0.3, 0.4) is 0 Å². The van der Waals surface area contributed by atoms with Crippen molar-refractivity contribution < 1.29 is 0 Å². The molecule has 4 heterocycles. The minimum Gasteiger partial charge on any atom is -0.369 e. The van der Waals surface area contributed by atoms with E-state index >= 15 is 0 Å². The molecule has 0 radical (unpaired) electrons. The number of nitrogens with one attached hydrogen (secondary N) is 3. The molecule has 0 amide bonds. The molecule has 0 unspecified atom stereocenters. The van der Waals surface area contributed by atoms with Crippen LogP contribution >= 0.6 is 0 Å². The number of piperazine rings is 1. The van der Waals surface area contributed by atoms with Gasteiger partial charge in [0, 0.05) is 55.7 Å². The molecule has 1 aliphatic rings. The predicted molar refractivity (Wildman–Crippen MR) is 88.7 cm³/mol. The molecule has 3 aromatic heterocycles. The molecule has 3 aromatic rings. The number of aromatic amines is 1. The van der Waals surface area contributed by atoms with E-state index in [0.717, 1.165) is 48.7 Å². The summed E-state index contributed by atoms with van der Waals surface area (Å²) in [6, 6.07) is 8.19.